The van der Waals surface area contributed by atoms with Crippen molar-refractivity contribution >= 4 is 28.4 Å². The molecule has 132 valence electrons. The van der Waals surface area contributed by atoms with Crippen LogP contribution in [0.5, 0.6) is 0 Å². The summed E-state index contributed by atoms with van der Waals surface area (Å²) in [7, 11) is 0. The van der Waals surface area contributed by atoms with E-state index in [0.717, 1.165) is 22.2 Å². The number of aromatic nitrogens is 2. The van der Waals surface area contributed by atoms with Crippen LogP contribution in [0.2, 0.25) is 5.02 Å². The average molecular weight is 374 g/mol. The van der Waals surface area contributed by atoms with E-state index in [4.69, 9.17) is 16.6 Å². The zero-order valence-electron chi connectivity index (χ0n) is 14.4. The molecule has 4 rings (SSSR count). The molecule has 5 heteroatoms. The first-order valence-electron chi connectivity index (χ1n) is 8.54. The Morgan fingerprint density at radius 1 is 0.963 bits per heavy atom. The van der Waals surface area contributed by atoms with Crippen LogP contribution in [0.3, 0.4) is 0 Å². The van der Waals surface area contributed by atoms with E-state index in [1.165, 1.54) is 0 Å². The van der Waals surface area contributed by atoms with Crippen molar-refractivity contribution in [3.8, 4) is 11.3 Å². The second kappa shape index (κ2) is 7.56. The summed E-state index contributed by atoms with van der Waals surface area (Å²) in [6.45, 7) is 0.364. The summed E-state index contributed by atoms with van der Waals surface area (Å²) < 4.78 is 0. The number of nitrogens with one attached hydrogen (secondary N) is 1. The number of hydrogen-bond acceptors (Lipinski definition) is 3. The lowest BCUT2D eigenvalue weighted by molar-refractivity contribution is 0.0952. The minimum absolute atomic E-state index is 0.164. The van der Waals surface area contributed by atoms with Crippen LogP contribution >= 0.6 is 11.6 Å². The molecule has 0 saturated heterocycles. The largest absolute Gasteiger partial charge is 0.346 e. The molecule has 2 heterocycles. The molecule has 4 nitrogen and oxygen atoms in total. The molecule has 1 N–H and O–H groups in total. The van der Waals surface area contributed by atoms with Crippen molar-refractivity contribution in [2.45, 2.75) is 6.54 Å². The third kappa shape index (κ3) is 3.81. The maximum absolute atomic E-state index is 12.9. The molecular formula is C22H16ClN3O. The van der Waals surface area contributed by atoms with Crippen LogP contribution in [0, 0.1) is 0 Å². The highest BCUT2D eigenvalue weighted by Gasteiger charge is 2.14. The second-order valence-electron chi connectivity index (χ2n) is 6.09. The Balaban J connectivity index is 1.73. The minimum Gasteiger partial charge on any atom is -0.346 e. The van der Waals surface area contributed by atoms with Gasteiger partial charge in [-0.2, -0.15) is 0 Å². The van der Waals surface area contributed by atoms with Gasteiger partial charge in [0.2, 0.25) is 0 Å². The summed E-state index contributed by atoms with van der Waals surface area (Å²) in [5.74, 6) is -0.164. The molecular weight excluding hydrogens is 358 g/mol. The number of pyridine rings is 2. The highest BCUT2D eigenvalue weighted by molar-refractivity contribution is 6.30. The molecule has 0 aliphatic rings. The normalized spacial score (nSPS) is 10.7. The van der Waals surface area contributed by atoms with E-state index in [1.54, 1.807) is 6.20 Å². The number of halogens is 1. The van der Waals surface area contributed by atoms with Gasteiger partial charge in [0.15, 0.2) is 0 Å². The van der Waals surface area contributed by atoms with Gasteiger partial charge in [-0.25, -0.2) is 4.98 Å². The molecule has 0 bridgehead atoms. The van der Waals surface area contributed by atoms with Gasteiger partial charge in [-0.1, -0.05) is 48.0 Å². The van der Waals surface area contributed by atoms with Gasteiger partial charge in [-0.05, 0) is 36.4 Å². The Morgan fingerprint density at radius 3 is 2.63 bits per heavy atom. The molecule has 0 unspecified atom stereocenters. The Hall–Kier alpha value is -3.24. The average Bonchev–Trinajstić information content (AvgIpc) is 2.72. The highest BCUT2D eigenvalue weighted by Crippen LogP contribution is 2.26. The number of carbonyl (C=O) groups is 1. The maximum atomic E-state index is 12.9. The van der Waals surface area contributed by atoms with Crippen molar-refractivity contribution in [1.29, 1.82) is 0 Å². The highest BCUT2D eigenvalue weighted by atomic mass is 35.5. The van der Waals surface area contributed by atoms with E-state index < -0.39 is 0 Å². The molecule has 27 heavy (non-hydrogen) atoms. The lowest BCUT2D eigenvalue weighted by atomic mass is 10.0. The first kappa shape index (κ1) is 17.2. The molecule has 0 saturated carbocycles. The smallest absolute Gasteiger partial charge is 0.252 e. The molecule has 0 aliphatic heterocycles. The second-order valence-corrected chi connectivity index (χ2v) is 6.52. The summed E-state index contributed by atoms with van der Waals surface area (Å²) in [6.07, 6.45) is 1.71. The van der Waals surface area contributed by atoms with Crippen LogP contribution in [0.25, 0.3) is 22.2 Å². The topological polar surface area (TPSA) is 54.9 Å². The predicted octanol–water partition coefficient (Wildman–Crippen LogP) is 4.88. The van der Waals surface area contributed by atoms with E-state index in [2.05, 4.69) is 10.3 Å². The molecule has 1 amide bonds. The molecule has 0 spiro atoms. The number of nitrogens with zero attached hydrogens (tertiary/aromatic N) is 2. The van der Waals surface area contributed by atoms with E-state index in [9.17, 15) is 4.79 Å². The van der Waals surface area contributed by atoms with Crippen LogP contribution in [0.4, 0.5) is 0 Å². The van der Waals surface area contributed by atoms with Crippen LogP contribution in [-0.4, -0.2) is 15.9 Å². The van der Waals surface area contributed by atoms with Crippen molar-refractivity contribution in [3.63, 3.8) is 0 Å². The Morgan fingerprint density at radius 2 is 1.81 bits per heavy atom. The fourth-order valence-corrected chi connectivity index (χ4v) is 3.12. The van der Waals surface area contributed by atoms with Gasteiger partial charge in [-0.15, -0.1) is 0 Å². The zero-order valence-corrected chi connectivity index (χ0v) is 15.1. The molecule has 0 radical (unpaired) electrons. The van der Waals surface area contributed by atoms with Crippen LogP contribution in [0.15, 0.2) is 79.0 Å². The standard InChI is InChI=1S/C22H16ClN3O/c23-16-7-5-6-15(12-16)21-13-19(18-9-1-2-10-20(18)26-21)22(27)25-14-17-8-3-4-11-24-17/h1-13H,14H2,(H,25,27). The van der Waals surface area contributed by atoms with Gasteiger partial charge in [0.25, 0.3) is 5.91 Å². The predicted molar refractivity (Wildman–Crippen MR) is 108 cm³/mol. The first-order valence-corrected chi connectivity index (χ1v) is 8.92. The number of hydrogen-bond donors (Lipinski definition) is 1. The number of benzene rings is 2. The monoisotopic (exact) mass is 373 g/mol. The van der Waals surface area contributed by atoms with Crippen molar-refractivity contribution in [2.75, 3.05) is 0 Å². The summed E-state index contributed by atoms with van der Waals surface area (Å²) >= 11 is 6.12. The molecule has 0 atom stereocenters. The zero-order chi connectivity index (χ0) is 18.6. The summed E-state index contributed by atoms with van der Waals surface area (Å²) in [5.41, 5.74) is 3.72. The number of amides is 1. The summed E-state index contributed by atoms with van der Waals surface area (Å²) in [5, 5.41) is 4.38. The Labute approximate surface area is 161 Å². The van der Waals surface area contributed by atoms with Crippen molar-refractivity contribution in [1.82, 2.24) is 15.3 Å². The Bertz CT molecular complexity index is 1110. The van der Waals surface area contributed by atoms with Gasteiger partial charge >= 0.3 is 0 Å². The lowest BCUT2D eigenvalue weighted by Gasteiger charge is -2.11. The lowest BCUT2D eigenvalue weighted by Crippen LogP contribution is -2.23. The third-order valence-corrected chi connectivity index (χ3v) is 4.47. The molecule has 0 fully saturated rings. The fraction of sp³-hybridized carbons (Fsp3) is 0.0455. The van der Waals surface area contributed by atoms with Crippen molar-refractivity contribution in [3.05, 3.63) is 95.3 Å². The SMILES string of the molecule is O=C(NCc1ccccn1)c1cc(-c2cccc(Cl)c2)nc2ccccc12. The van der Waals surface area contributed by atoms with Gasteiger partial charge in [0, 0.05) is 22.2 Å². The van der Waals surface area contributed by atoms with Crippen molar-refractivity contribution < 1.29 is 4.79 Å². The number of rotatable bonds is 4. The first-order chi connectivity index (χ1) is 13.2. The number of carbonyl (C=O) groups excluding carboxylic acids is 1. The maximum Gasteiger partial charge on any atom is 0.252 e. The summed E-state index contributed by atoms with van der Waals surface area (Å²) in [6, 6.07) is 22.5. The summed E-state index contributed by atoms with van der Waals surface area (Å²) in [4.78, 5) is 21.8. The van der Waals surface area contributed by atoms with E-state index >= 15 is 0 Å². The van der Waals surface area contributed by atoms with Crippen LogP contribution in [-0.2, 0) is 6.54 Å². The Kier molecular flexibility index (Phi) is 4.81. The quantitative estimate of drug-likeness (QED) is 0.554. The van der Waals surface area contributed by atoms with E-state index in [1.807, 2.05) is 72.8 Å². The molecule has 2 aromatic heterocycles. The number of para-hydroxylation sites is 1. The molecule has 2 aromatic carbocycles. The molecule has 0 aliphatic carbocycles. The third-order valence-electron chi connectivity index (χ3n) is 4.24. The van der Waals surface area contributed by atoms with E-state index in [-0.39, 0.29) is 5.91 Å². The van der Waals surface area contributed by atoms with Gasteiger partial charge in [-0.3, -0.25) is 9.78 Å². The minimum atomic E-state index is -0.164. The van der Waals surface area contributed by atoms with Gasteiger partial charge in [0.05, 0.1) is 29.0 Å². The molecule has 4 aromatic rings. The van der Waals surface area contributed by atoms with Crippen LogP contribution < -0.4 is 5.32 Å². The fourth-order valence-electron chi connectivity index (χ4n) is 2.93. The van der Waals surface area contributed by atoms with Crippen molar-refractivity contribution in [2.24, 2.45) is 0 Å². The van der Waals surface area contributed by atoms with Gasteiger partial charge in [0.1, 0.15) is 0 Å². The van der Waals surface area contributed by atoms with E-state index in [0.29, 0.717) is 22.8 Å². The van der Waals surface area contributed by atoms with Crippen LogP contribution in [0.1, 0.15) is 16.1 Å². The number of fused-ring (bicyclic) bond motifs is 1. The van der Waals surface area contributed by atoms with Gasteiger partial charge < -0.3 is 5.32 Å².